The first-order valence-corrected chi connectivity index (χ1v) is 12.8. The lowest BCUT2D eigenvalue weighted by Gasteiger charge is -2.20. The third-order valence-corrected chi connectivity index (χ3v) is 10.0. The van der Waals surface area contributed by atoms with Gasteiger partial charge < -0.3 is 0 Å². The molecule has 150 valence electrons. The van der Waals surface area contributed by atoms with Crippen LogP contribution in [-0.4, -0.2) is 13.3 Å². The molecule has 0 bridgehead atoms. The number of benzene rings is 4. The van der Waals surface area contributed by atoms with E-state index < -0.39 is 17.3 Å². The molecule has 3 nitrogen and oxygen atoms in total. The maximum absolute atomic E-state index is 13.0. The van der Waals surface area contributed by atoms with Gasteiger partial charge >= 0.3 is 0 Å². The summed E-state index contributed by atoms with van der Waals surface area (Å²) in [7, 11) is -6.49. The van der Waals surface area contributed by atoms with E-state index in [1.165, 1.54) is 0 Å². The van der Waals surface area contributed by atoms with E-state index in [0.29, 0.717) is 5.30 Å². The second kappa shape index (κ2) is 8.16. The fourth-order valence-corrected chi connectivity index (χ4v) is 7.37. The van der Waals surface area contributed by atoms with Gasteiger partial charge in [0.2, 0.25) is 17.3 Å². The highest BCUT2D eigenvalue weighted by molar-refractivity contribution is 7.92. The van der Waals surface area contributed by atoms with Crippen LogP contribution in [0.5, 0.6) is 0 Å². The number of hydrogen-bond acceptors (Lipinski definition) is 3. The van der Waals surface area contributed by atoms with Gasteiger partial charge in [0.05, 0.1) is 9.79 Å². The summed E-state index contributed by atoms with van der Waals surface area (Å²) in [5.41, 5.74) is 1.00. The molecule has 5 heteroatoms. The van der Waals surface area contributed by atoms with Gasteiger partial charge in [-0.3, -0.25) is 0 Å². The van der Waals surface area contributed by atoms with Crippen LogP contribution in [0.25, 0.3) is 0 Å². The molecule has 0 aliphatic rings. The molecular formula is C25H22O3PS+. The minimum absolute atomic E-state index is 0.211. The zero-order valence-corrected chi connectivity index (χ0v) is 18.2. The molecule has 4 rings (SSSR count). The Morgan fingerprint density at radius 3 is 1.37 bits per heavy atom. The fraction of sp³-hybridized carbons (Fsp3) is 0.0400. The standard InChI is InChI=1S/C25H22O3PS/c1-20-12-16-24(17-13-20)30(27,28)25-18-14-23(15-19-25)29(26,21-8-4-2-5-9-21)22-10-6-3-7-11-22/h2-19,26H,1H3/q+1. The van der Waals surface area contributed by atoms with Crippen molar-refractivity contribution >= 4 is 33.2 Å². The van der Waals surface area contributed by atoms with Gasteiger partial charge in [-0.25, -0.2) is 13.3 Å². The van der Waals surface area contributed by atoms with Crippen LogP contribution in [0.2, 0.25) is 0 Å². The predicted octanol–water partition coefficient (Wildman–Crippen LogP) is 4.03. The van der Waals surface area contributed by atoms with Gasteiger partial charge in [-0.05, 0) is 67.6 Å². The predicted molar refractivity (Wildman–Crippen MR) is 124 cm³/mol. The average molecular weight is 433 g/mol. The van der Waals surface area contributed by atoms with Gasteiger partial charge in [-0.1, -0.05) is 54.1 Å². The minimum atomic E-state index is -3.62. The summed E-state index contributed by atoms with van der Waals surface area (Å²) in [6.45, 7) is 1.92. The summed E-state index contributed by atoms with van der Waals surface area (Å²) >= 11 is 0. The first-order valence-electron chi connectivity index (χ1n) is 9.58. The Kier molecular flexibility index (Phi) is 5.57. The molecule has 0 spiro atoms. The summed E-state index contributed by atoms with van der Waals surface area (Å²) in [5.74, 6) is 0. The van der Waals surface area contributed by atoms with Crippen molar-refractivity contribution < 1.29 is 13.3 Å². The van der Waals surface area contributed by atoms with Gasteiger partial charge in [-0.15, -0.1) is 0 Å². The fourth-order valence-electron chi connectivity index (χ4n) is 3.43. The monoisotopic (exact) mass is 433 g/mol. The summed E-state index contributed by atoms with van der Waals surface area (Å²) in [6.07, 6.45) is 0. The zero-order chi connectivity index (χ0) is 21.2. The molecule has 0 unspecified atom stereocenters. The normalized spacial score (nSPS) is 11.9. The van der Waals surface area contributed by atoms with Gasteiger partial charge in [0.1, 0.15) is 15.9 Å². The van der Waals surface area contributed by atoms with Crippen molar-refractivity contribution in [2.75, 3.05) is 0 Å². The molecule has 0 aliphatic heterocycles. The summed E-state index contributed by atoms with van der Waals surface area (Å²) in [6, 6.07) is 32.5. The molecule has 0 aliphatic carbocycles. The molecule has 1 N–H and O–H groups in total. The lowest BCUT2D eigenvalue weighted by molar-refractivity contribution is 0.596. The van der Waals surface area contributed by atoms with Crippen molar-refractivity contribution in [2.24, 2.45) is 0 Å². The van der Waals surface area contributed by atoms with E-state index in [0.717, 1.165) is 16.2 Å². The largest absolute Gasteiger partial charge is 0.238 e. The van der Waals surface area contributed by atoms with E-state index in [-0.39, 0.29) is 9.79 Å². The molecular weight excluding hydrogens is 411 g/mol. The van der Waals surface area contributed by atoms with Gasteiger partial charge in [0.25, 0.3) is 0 Å². The summed E-state index contributed by atoms with van der Waals surface area (Å²) in [5, 5.41) is 2.36. The third kappa shape index (κ3) is 3.70. The van der Waals surface area contributed by atoms with Crippen molar-refractivity contribution in [1.29, 1.82) is 0 Å². The number of rotatable bonds is 5. The Labute approximate surface area is 178 Å². The molecule has 0 amide bonds. The quantitative estimate of drug-likeness (QED) is 0.484. The SMILES string of the molecule is Cc1ccc(S(=O)(=O)c2ccc([P+](O)(c3ccccc3)c3ccccc3)cc2)cc1. The van der Waals surface area contributed by atoms with E-state index in [9.17, 15) is 13.3 Å². The first-order chi connectivity index (χ1) is 14.4. The number of hydrogen-bond donors (Lipinski definition) is 1. The Balaban J connectivity index is 1.80. The van der Waals surface area contributed by atoms with E-state index in [4.69, 9.17) is 0 Å². The highest BCUT2D eigenvalue weighted by Crippen LogP contribution is 2.50. The molecule has 0 saturated carbocycles. The summed E-state index contributed by atoms with van der Waals surface area (Å²) < 4.78 is 26.0. The van der Waals surface area contributed by atoms with Crippen molar-refractivity contribution in [3.63, 3.8) is 0 Å². The molecule has 0 atom stereocenters. The maximum atomic E-state index is 13.0. The molecule has 30 heavy (non-hydrogen) atoms. The number of aryl methyl sites for hydroxylation is 1. The first kappa shape index (κ1) is 20.5. The van der Waals surface area contributed by atoms with E-state index in [1.807, 2.05) is 67.6 Å². The van der Waals surface area contributed by atoms with E-state index >= 15 is 0 Å². The average Bonchev–Trinajstić information content (AvgIpc) is 2.80. The van der Waals surface area contributed by atoms with Gasteiger partial charge in [0, 0.05) is 0 Å². The summed E-state index contributed by atoms with van der Waals surface area (Å²) in [4.78, 5) is 12.4. The highest BCUT2D eigenvalue weighted by Gasteiger charge is 2.44. The number of sulfone groups is 1. The van der Waals surface area contributed by atoms with Crippen LogP contribution in [-0.2, 0) is 9.84 Å². The maximum Gasteiger partial charge on any atom is 0.238 e. The van der Waals surface area contributed by atoms with Crippen LogP contribution < -0.4 is 15.9 Å². The minimum Gasteiger partial charge on any atom is -0.235 e. The third-order valence-electron chi connectivity index (χ3n) is 5.11. The second-order valence-corrected chi connectivity index (χ2v) is 11.9. The molecule has 4 aromatic carbocycles. The van der Waals surface area contributed by atoms with E-state index in [2.05, 4.69) is 0 Å². The topological polar surface area (TPSA) is 54.4 Å². The van der Waals surface area contributed by atoms with Crippen LogP contribution in [0.4, 0.5) is 0 Å². The zero-order valence-electron chi connectivity index (χ0n) is 16.5. The van der Waals surface area contributed by atoms with Crippen LogP contribution >= 0.6 is 7.49 Å². The Hall–Kier alpha value is -2.78. The Morgan fingerprint density at radius 1 is 0.567 bits per heavy atom. The molecule has 0 radical (unpaired) electrons. The van der Waals surface area contributed by atoms with Crippen LogP contribution in [0, 0.1) is 6.92 Å². The van der Waals surface area contributed by atoms with Gasteiger partial charge in [0.15, 0.2) is 0 Å². The van der Waals surface area contributed by atoms with Crippen molar-refractivity contribution in [1.82, 2.24) is 0 Å². The lowest BCUT2D eigenvalue weighted by Crippen LogP contribution is -2.30. The van der Waals surface area contributed by atoms with Crippen LogP contribution in [0.15, 0.2) is 119 Å². The molecule has 0 heterocycles. The Bertz CT molecular complexity index is 1200. The molecule has 0 saturated heterocycles. The molecule has 0 fully saturated rings. The van der Waals surface area contributed by atoms with Crippen molar-refractivity contribution in [3.05, 3.63) is 115 Å². The highest BCUT2D eigenvalue weighted by atomic mass is 32.2. The molecule has 4 aromatic rings. The Morgan fingerprint density at radius 2 is 0.933 bits per heavy atom. The van der Waals surface area contributed by atoms with Crippen LogP contribution in [0.1, 0.15) is 5.56 Å². The van der Waals surface area contributed by atoms with Crippen molar-refractivity contribution in [3.8, 4) is 0 Å². The van der Waals surface area contributed by atoms with Crippen molar-refractivity contribution in [2.45, 2.75) is 16.7 Å². The molecule has 0 aromatic heterocycles. The van der Waals surface area contributed by atoms with Crippen LogP contribution in [0.3, 0.4) is 0 Å². The van der Waals surface area contributed by atoms with E-state index in [1.54, 1.807) is 48.5 Å². The smallest absolute Gasteiger partial charge is 0.235 e. The lowest BCUT2D eigenvalue weighted by atomic mass is 10.2. The second-order valence-electron chi connectivity index (χ2n) is 7.12. The van der Waals surface area contributed by atoms with Gasteiger partial charge in [-0.2, -0.15) is 0 Å².